The summed E-state index contributed by atoms with van der Waals surface area (Å²) in [5.74, 6) is -0.297. The highest BCUT2D eigenvalue weighted by atomic mass is 16.5. The molecule has 1 saturated carbocycles. The summed E-state index contributed by atoms with van der Waals surface area (Å²) < 4.78 is 10.4. The number of rotatable bonds is 5. The van der Waals surface area contributed by atoms with Gasteiger partial charge in [-0.25, -0.2) is 4.79 Å². The van der Waals surface area contributed by atoms with Crippen LogP contribution in [0.15, 0.2) is 10.6 Å². The predicted molar refractivity (Wildman–Crippen MR) is 79.5 cm³/mol. The van der Waals surface area contributed by atoms with E-state index in [1.54, 1.807) is 11.0 Å². The summed E-state index contributed by atoms with van der Waals surface area (Å²) in [4.78, 5) is 25.6. The van der Waals surface area contributed by atoms with Crippen LogP contribution in [0.25, 0.3) is 0 Å². The molecule has 3 unspecified atom stereocenters. The van der Waals surface area contributed by atoms with Crippen molar-refractivity contribution in [1.29, 1.82) is 0 Å². The van der Waals surface area contributed by atoms with Gasteiger partial charge in [-0.05, 0) is 32.1 Å². The summed E-state index contributed by atoms with van der Waals surface area (Å²) in [6.07, 6.45) is 4.64. The van der Waals surface area contributed by atoms with Gasteiger partial charge in [-0.15, -0.1) is 0 Å². The Labute approximate surface area is 134 Å². The molecular weight excluding hydrogens is 300 g/mol. The number of carbonyl (C=O) groups excluding carboxylic acids is 1. The number of carboxylic acid groups (broad SMARTS) is 1. The van der Waals surface area contributed by atoms with Crippen molar-refractivity contribution in [2.75, 3.05) is 6.61 Å². The zero-order chi connectivity index (χ0) is 16.4. The maximum atomic E-state index is 12.5. The first-order valence-electron chi connectivity index (χ1n) is 8.10. The molecule has 7 heteroatoms. The third-order valence-electron chi connectivity index (χ3n) is 4.81. The van der Waals surface area contributed by atoms with E-state index in [4.69, 9.17) is 9.26 Å². The van der Waals surface area contributed by atoms with Gasteiger partial charge in [0.05, 0.1) is 5.69 Å². The number of hydrogen-bond donors (Lipinski definition) is 1. The zero-order valence-electron chi connectivity index (χ0n) is 13.2. The van der Waals surface area contributed by atoms with E-state index in [9.17, 15) is 14.7 Å². The Morgan fingerprint density at radius 1 is 1.43 bits per heavy atom. The van der Waals surface area contributed by atoms with Crippen LogP contribution in [0.2, 0.25) is 0 Å². The van der Waals surface area contributed by atoms with Crippen molar-refractivity contribution < 1.29 is 24.0 Å². The second kappa shape index (κ2) is 6.70. The van der Waals surface area contributed by atoms with E-state index in [-0.39, 0.29) is 25.2 Å². The molecule has 0 radical (unpaired) electrons. The van der Waals surface area contributed by atoms with Gasteiger partial charge in [0.2, 0.25) is 5.91 Å². The Hall–Kier alpha value is -1.89. The van der Waals surface area contributed by atoms with Gasteiger partial charge in [-0.2, -0.15) is 0 Å². The zero-order valence-corrected chi connectivity index (χ0v) is 13.2. The largest absolute Gasteiger partial charge is 0.480 e. The number of hydrogen-bond acceptors (Lipinski definition) is 5. The Kier molecular flexibility index (Phi) is 4.66. The fourth-order valence-electron chi connectivity index (χ4n) is 3.84. The molecule has 0 aromatic carbocycles. The first-order valence-corrected chi connectivity index (χ1v) is 8.10. The summed E-state index contributed by atoms with van der Waals surface area (Å²) in [6, 6.07) is 1.08. The summed E-state index contributed by atoms with van der Waals surface area (Å²) in [5, 5.41) is 13.2. The SMILES string of the molecule is Cc1cc(COCC(=O)N2C(C(=O)O)CC3CCCCC32)on1. The third-order valence-corrected chi connectivity index (χ3v) is 4.81. The molecule has 7 nitrogen and oxygen atoms in total. The van der Waals surface area contributed by atoms with Crippen LogP contribution in [0.5, 0.6) is 0 Å². The number of aliphatic carboxylic acids is 1. The van der Waals surface area contributed by atoms with E-state index in [0.717, 1.165) is 31.4 Å². The highest BCUT2D eigenvalue weighted by molar-refractivity contribution is 5.85. The Bertz CT molecular complexity index is 585. The maximum absolute atomic E-state index is 12.5. The van der Waals surface area contributed by atoms with E-state index in [0.29, 0.717) is 18.1 Å². The Balaban J connectivity index is 1.60. The molecule has 3 rings (SSSR count). The van der Waals surface area contributed by atoms with Gasteiger partial charge in [-0.1, -0.05) is 18.0 Å². The molecule has 1 amide bonds. The van der Waals surface area contributed by atoms with Gasteiger partial charge in [0.15, 0.2) is 5.76 Å². The molecule has 1 saturated heterocycles. The van der Waals surface area contributed by atoms with E-state index in [1.807, 2.05) is 6.92 Å². The highest BCUT2D eigenvalue weighted by Gasteiger charge is 2.47. The van der Waals surface area contributed by atoms with E-state index in [1.165, 1.54) is 0 Å². The quantitative estimate of drug-likeness (QED) is 0.887. The lowest BCUT2D eigenvalue weighted by atomic mass is 9.85. The highest BCUT2D eigenvalue weighted by Crippen LogP contribution is 2.39. The molecule has 1 N–H and O–H groups in total. The average molecular weight is 322 g/mol. The minimum atomic E-state index is -0.918. The number of carbonyl (C=O) groups is 2. The third kappa shape index (κ3) is 3.39. The topological polar surface area (TPSA) is 92.9 Å². The van der Waals surface area contributed by atoms with Crippen LogP contribution in [0, 0.1) is 12.8 Å². The maximum Gasteiger partial charge on any atom is 0.326 e. The fraction of sp³-hybridized carbons (Fsp3) is 0.688. The molecule has 1 aliphatic heterocycles. The number of fused-ring (bicyclic) bond motifs is 1. The lowest BCUT2D eigenvalue weighted by Gasteiger charge is -2.32. The van der Waals surface area contributed by atoms with Crippen molar-refractivity contribution in [3.8, 4) is 0 Å². The molecule has 23 heavy (non-hydrogen) atoms. The molecule has 2 aliphatic rings. The smallest absolute Gasteiger partial charge is 0.326 e. The molecule has 126 valence electrons. The van der Waals surface area contributed by atoms with E-state index in [2.05, 4.69) is 5.16 Å². The first-order chi connectivity index (χ1) is 11.1. The van der Waals surface area contributed by atoms with Crippen LogP contribution in [0.1, 0.15) is 43.6 Å². The van der Waals surface area contributed by atoms with Crippen LogP contribution >= 0.6 is 0 Å². The van der Waals surface area contributed by atoms with Crippen LogP contribution < -0.4 is 0 Å². The first kappa shape index (κ1) is 16.0. The van der Waals surface area contributed by atoms with Crippen molar-refractivity contribution in [2.24, 2.45) is 5.92 Å². The number of likely N-dealkylation sites (tertiary alicyclic amines) is 1. The molecule has 2 fully saturated rings. The summed E-state index contributed by atoms with van der Waals surface area (Å²) >= 11 is 0. The van der Waals surface area contributed by atoms with Gasteiger partial charge in [-0.3, -0.25) is 4.79 Å². The van der Waals surface area contributed by atoms with Crippen LogP contribution in [-0.2, 0) is 20.9 Å². The fourth-order valence-corrected chi connectivity index (χ4v) is 3.84. The average Bonchev–Trinajstić information content (AvgIpc) is 3.10. The number of carboxylic acids is 1. The normalized spacial score (nSPS) is 27.0. The molecule has 1 aromatic rings. The van der Waals surface area contributed by atoms with Gasteiger partial charge >= 0.3 is 5.97 Å². The number of aromatic nitrogens is 1. The summed E-state index contributed by atoms with van der Waals surface area (Å²) in [5.41, 5.74) is 0.755. The van der Waals surface area contributed by atoms with Crippen LogP contribution in [0.3, 0.4) is 0 Å². The molecule has 1 aliphatic carbocycles. The van der Waals surface area contributed by atoms with Crippen LogP contribution in [0.4, 0.5) is 0 Å². The van der Waals surface area contributed by atoms with Gasteiger partial charge in [0.25, 0.3) is 0 Å². The van der Waals surface area contributed by atoms with Gasteiger partial charge in [0.1, 0.15) is 19.3 Å². The molecular formula is C16H22N2O5. The molecule has 0 spiro atoms. The van der Waals surface area contributed by atoms with E-state index < -0.39 is 12.0 Å². The molecule has 3 atom stereocenters. The van der Waals surface area contributed by atoms with Crippen LogP contribution in [-0.4, -0.2) is 45.7 Å². The Morgan fingerprint density at radius 3 is 2.91 bits per heavy atom. The second-order valence-corrected chi connectivity index (χ2v) is 6.43. The monoisotopic (exact) mass is 322 g/mol. The predicted octanol–water partition coefficient (Wildman–Crippen LogP) is 1.74. The van der Waals surface area contributed by atoms with Crippen molar-refractivity contribution in [1.82, 2.24) is 10.1 Å². The van der Waals surface area contributed by atoms with Crippen molar-refractivity contribution in [3.05, 3.63) is 17.5 Å². The minimum Gasteiger partial charge on any atom is -0.480 e. The molecule has 2 heterocycles. The van der Waals surface area contributed by atoms with E-state index >= 15 is 0 Å². The summed E-state index contributed by atoms with van der Waals surface area (Å²) in [6.45, 7) is 1.84. The van der Waals surface area contributed by atoms with Gasteiger partial charge < -0.3 is 19.3 Å². The number of aryl methyl sites for hydroxylation is 1. The van der Waals surface area contributed by atoms with Crippen molar-refractivity contribution in [2.45, 2.75) is 57.7 Å². The van der Waals surface area contributed by atoms with Gasteiger partial charge in [0, 0.05) is 12.1 Å². The number of ether oxygens (including phenoxy) is 1. The Morgan fingerprint density at radius 2 is 2.22 bits per heavy atom. The number of nitrogens with zero attached hydrogens (tertiary/aromatic N) is 2. The molecule has 1 aromatic heterocycles. The van der Waals surface area contributed by atoms with Crippen molar-refractivity contribution in [3.63, 3.8) is 0 Å². The lowest BCUT2D eigenvalue weighted by molar-refractivity contribution is -0.152. The lowest BCUT2D eigenvalue weighted by Crippen LogP contribution is -2.47. The molecule has 0 bridgehead atoms. The standard InChI is InChI=1S/C16H22N2O5/c1-10-6-12(23-17-10)8-22-9-15(19)18-13-5-3-2-4-11(13)7-14(18)16(20)21/h6,11,13-14H,2-5,7-9H2,1H3,(H,20,21). The summed E-state index contributed by atoms with van der Waals surface area (Å²) in [7, 11) is 0. The minimum absolute atomic E-state index is 0.0495. The second-order valence-electron chi connectivity index (χ2n) is 6.43. The van der Waals surface area contributed by atoms with Crippen molar-refractivity contribution >= 4 is 11.9 Å². The number of amides is 1.